The fraction of sp³-hybridized carbons (Fsp3) is 0.391. The molecule has 33 heavy (non-hydrogen) atoms. The van der Waals surface area contributed by atoms with Gasteiger partial charge in [0, 0.05) is 51.8 Å². The van der Waals surface area contributed by atoms with Gasteiger partial charge in [-0.25, -0.2) is 9.18 Å². The normalized spacial score (nSPS) is 15.0. The van der Waals surface area contributed by atoms with Crippen molar-refractivity contribution in [3.8, 4) is 0 Å². The van der Waals surface area contributed by atoms with Crippen LogP contribution in [0.2, 0.25) is 0 Å². The number of rotatable bonds is 7. The number of hydrogen-bond acceptors (Lipinski definition) is 6. The smallest absolute Gasteiger partial charge is 0.407 e. The van der Waals surface area contributed by atoms with Gasteiger partial charge in [-0.2, -0.15) is 0 Å². The van der Waals surface area contributed by atoms with Gasteiger partial charge in [0.2, 0.25) is 5.91 Å². The molecular formula is C23H25FN4O5. The Balaban J connectivity index is 1.29. The highest BCUT2D eigenvalue weighted by Gasteiger charge is 2.20. The predicted octanol–water partition coefficient (Wildman–Crippen LogP) is 3.16. The van der Waals surface area contributed by atoms with Crippen LogP contribution in [0.4, 0.5) is 10.1 Å². The van der Waals surface area contributed by atoms with Crippen LogP contribution in [0, 0.1) is 15.9 Å². The van der Waals surface area contributed by atoms with E-state index in [1.165, 1.54) is 34.9 Å². The molecule has 3 aromatic rings. The topological polar surface area (TPSA) is 102 Å². The molecule has 2 heterocycles. The van der Waals surface area contributed by atoms with E-state index < -0.39 is 10.7 Å². The van der Waals surface area contributed by atoms with E-state index in [4.69, 9.17) is 4.42 Å². The maximum absolute atomic E-state index is 13.1. The molecule has 10 heteroatoms. The minimum atomic E-state index is -0.593. The van der Waals surface area contributed by atoms with Gasteiger partial charge in [0.25, 0.3) is 5.69 Å². The third-order valence-corrected chi connectivity index (χ3v) is 5.90. The number of non-ortho nitro benzene ring substituents is 1. The first kappa shape index (κ1) is 22.7. The summed E-state index contributed by atoms with van der Waals surface area (Å²) in [4.78, 5) is 39.4. The molecule has 1 fully saturated rings. The minimum absolute atomic E-state index is 0.0371. The van der Waals surface area contributed by atoms with Crippen LogP contribution in [-0.4, -0.2) is 51.4 Å². The average molecular weight is 456 g/mol. The molecule has 0 atom stereocenters. The first-order valence-corrected chi connectivity index (χ1v) is 10.9. The second kappa shape index (κ2) is 9.95. The zero-order chi connectivity index (χ0) is 23.4. The summed E-state index contributed by atoms with van der Waals surface area (Å²) in [6, 6.07) is 10.5. The molecule has 1 aromatic heterocycles. The molecule has 2 aromatic carbocycles. The summed E-state index contributed by atoms with van der Waals surface area (Å²) >= 11 is 0. The number of carbonyl (C=O) groups excluding carboxylic acids is 1. The first-order chi connectivity index (χ1) is 15.9. The zero-order valence-electron chi connectivity index (χ0n) is 18.1. The maximum atomic E-state index is 13.1. The van der Waals surface area contributed by atoms with Gasteiger partial charge in [-0.15, -0.1) is 0 Å². The van der Waals surface area contributed by atoms with Crippen molar-refractivity contribution in [1.82, 2.24) is 14.4 Å². The Hall–Kier alpha value is -3.53. The quantitative estimate of drug-likeness (QED) is 0.400. The Kier molecular flexibility index (Phi) is 6.83. The molecule has 0 radical (unpaired) electrons. The number of halogens is 1. The number of aromatic nitrogens is 1. The van der Waals surface area contributed by atoms with E-state index in [0.29, 0.717) is 38.0 Å². The third-order valence-electron chi connectivity index (χ3n) is 5.90. The molecule has 4 rings (SSSR count). The highest BCUT2D eigenvalue weighted by Crippen LogP contribution is 2.20. The molecule has 0 spiro atoms. The van der Waals surface area contributed by atoms with Gasteiger partial charge in [0.1, 0.15) is 5.82 Å². The largest absolute Gasteiger partial charge is 0.419 e. The van der Waals surface area contributed by atoms with Gasteiger partial charge < -0.3 is 9.32 Å². The lowest BCUT2D eigenvalue weighted by molar-refractivity contribution is -0.384. The number of nitrogens with zero attached hydrogens (tertiary/aromatic N) is 4. The Morgan fingerprint density at radius 1 is 1.09 bits per heavy atom. The molecule has 0 unspecified atom stereocenters. The van der Waals surface area contributed by atoms with Crippen LogP contribution in [0.25, 0.3) is 11.1 Å². The molecule has 9 nitrogen and oxygen atoms in total. The van der Waals surface area contributed by atoms with Crippen molar-refractivity contribution >= 4 is 22.7 Å². The van der Waals surface area contributed by atoms with Crippen LogP contribution in [0.15, 0.2) is 51.7 Å². The van der Waals surface area contributed by atoms with E-state index in [9.17, 15) is 24.1 Å². The maximum Gasteiger partial charge on any atom is 0.419 e. The number of hydrogen-bond donors (Lipinski definition) is 0. The summed E-state index contributed by atoms with van der Waals surface area (Å²) in [6.07, 6.45) is 1.61. The third kappa shape index (κ3) is 5.46. The van der Waals surface area contributed by atoms with Crippen LogP contribution in [0.3, 0.4) is 0 Å². The number of amides is 1. The number of oxazole rings is 1. The van der Waals surface area contributed by atoms with E-state index in [1.807, 2.05) is 4.90 Å². The van der Waals surface area contributed by atoms with Crippen molar-refractivity contribution in [2.45, 2.75) is 32.4 Å². The monoisotopic (exact) mass is 456 g/mol. The number of carbonyl (C=O) groups is 1. The van der Waals surface area contributed by atoms with Crippen LogP contribution in [0.1, 0.15) is 24.8 Å². The molecule has 1 aliphatic heterocycles. The molecular weight excluding hydrogens is 431 g/mol. The number of fused-ring (bicyclic) bond motifs is 1. The van der Waals surface area contributed by atoms with Crippen molar-refractivity contribution in [2.24, 2.45) is 0 Å². The standard InChI is InChI=1S/C23H25FN4O5/c24-18-6-4-17(5-7-18)16-25-10-2-11-26(14-13-25)22(29)3-1-12-27-20-9-8-19(28(31)32)15-21(20)33-23(27)30/h4-9,15H,1-3,10-14,16H2. The average Bonchev–Trinajstić information content (AvgIpc) is 2.95. The van der Waals surface area contributed by atoms with E-state index in [1.54, 1.807) is 12.1 Å². The summed E-state index contributed by atoms with van der Waals surface area (Å²) in [5.41, 5.74) is 1.53. The van der Waals surface area contributed by atoms with Crippen LogP contribution in [-0.2, 0) is 17.9 Å². The van der Waals surface area contributed by atoms with Crippen molar-refractivity contribution in [3.63, 3.8) is 0 Å². The lowest BCUT2D eigenvalue weighted by Crippen LogP contribution is -2.35. The summed E-state index contributed by atoms with van der Waals surface area (Å²) in [5.74, 6) is -0.808. The van der Waals surface area contributed by atoms with Crippen LogP contribution >= 0.6 is 0 Å². The molecule has 1 aliphatic rings. The number of nitro groups is 1. The van der Waals surface area contributed by atoms with Crippen molar-refractivity contribution < 1.29 is 18.5 Å². The van der Waals surface area contributed by atoms with Gasteiger partial charge in [-0.05, 0) is 36.6 Å². The Bertz CT molecular complexity index is 1200. The summed E-state index contributed by atoms with van der Waals surface area (Å²) in [6.45, 7) is 3.92. The van der Waals surface area contributed by atoms with Crippen LogP contribution < -0.4 is 5.76 Å². The molecule has 1 amide bonds. The summed E-state index contributed by atoms with van der Waals surface area (Å²) < 4.78 is 19.6. The Morgan fingerprint density at radius 3 is 2.64 bits per heavy atom. The predicted molar refractivity (Wildman–Crippen MR) is 119 cm³/mol. The minimum Gasteiger partial charge on any atom is -0.407 e. The Morgan fingerprint density at radius 2 is 1.88 bits per heavy atom. The van der Waals surface area contributed by atoms with Gasteiger partial charge in [0.05, 0.1) is 16.5 Å². The zero-order valence-corrected chi connectivity index (χ0v) is 18.1. The highest BCUT2D eigenvalue weighted by atomic mass is 19.1. The number of aryl methyl sites for hydroxylation is 1. The lowest BCUT2D eigenvalue weighted by atomic mass is 10.2. The molecule has 0 bridgehead atoms. The second-order valence-electron chi connectivity index (χ2n) is 8.17. The molecule has 0 saturated carbocycles. The van der Waals surface area contributed by atoms with Crippen molar-refractivity contribution in [2.75, 3.05) is 26.2 Å². The number of nitro benzene ring substituents is 1. The van der Waals surface area contributed by atoms with Gasteiger partial charge in [-0.1, -0.05) is 12.1 Å². The summed E-state index contributed by atoms with van der Waals surface area (Å²) in [5, 5.41) is 10.9. The Labute approximate surface area is 189 Å². The highest BCUT2D eigenvalue weighted by molar-refractivity contribution is 5.77. The van der Waals surface area contributed by atoms with Gasteiger partial charge >= 0.3 is 5.76 Å². The number of benzene rings is 2. The van der Waals surface area contributed by atoms with Crippen molar-refractivity contribution in [1.29, 1.82) is 0 Å². The SMILES string of the molecule is O=C(CCCn1c(=O)oc2cc([N+](=O)[O-])ccc21)N1CCCN(Cc2ccc(F)cc2)CC1. The molecule has 174 valence electrons. The van der Waals surface area contributed by atoms with E-state index in [-0.39, 0.29) is 23.0 Å². The summed E-state index contributed by atoms with van der Waals surface area (Å²) in [7, 11) is 0. The van der Waals surface area contributed by atoms with Crippen molar-refractivity contribution in [3.05, 3.63) is 74.5 Å². The van der Waals surface area contributed by atoms with E-state index in [0.717, 1.165) is 31.6 Å². The fourth-order valence-electron chi connectivity index (χ4n) is 4.15. The van der Waals surface area contributed by atoms with Crippen LogP contribution in [0.5, 0.6) is 0 Å². The lowest BCUT2D eigenvalue weighted by Gasteiger charge is -2.22. The molecule has 0 N–H and O–H groups in total. The van der Waals surface area contributed by atoms with E-state index >= 15 is 0 Å². The molecule has 1 saturated heterocycles. The first-order valence-electron chi connectivity index (χ1n) is 10.9. The fourth-order valence-corrected chi connectivity index (χ4v) is 4.15. The second-order valence-corrected chi connectivity index (χ2v) is 8.17. The van der Waals surface area contributed by atoms with Gasteiger partial charge in [0.15, 0.2) is 5.58 Å². The van der Waals surface area contributed by atoms with Gasteiger partial charge in [-0.3, -0.25) is 24.4 Å². The van der Waals surface area contributed by atoms with E-state index in [2.05, 4.69) is 4.90 Å². The molecule has 0 aliphatic carbocycles.